The number of hydrogen-bond acceptors (Lipinski definition) is 1. The summed E-state index contributed by atoms with van der Waals surface area (Å²) in [7, 11) is 0. The number of aryl methyl sites for hydroxylation is 2. The molecule has 0 saturated heterocycles. The van der Waals surface area contributed by atoms with Gasteiger partial charge in [0.15, 0.2) is 0 Å². The van der Waals surface area contributed by atoms with E-state index in [0.29, 0.717) is 12.5 Å². The molecule has 1 aromatic carbocycles. The van der Waals surface area contributed by atoms with Crippen LogP contribution in [0.3, 0.4) is 0 Å². The molecule has 0 radical (unpaired) electrons. The van der Waals surface area contributed by atoms with Crippen LogP contribution in [0.5, 0.6) is 5.75 Å². The first-order valence-corrected chi connectivity index (χ1v) is 6.39. The second-order valence-corrected chi connectivity index (χ2v) is 4.38. The van der Waals surface area contributed by atoms with Crippen LogP contribution in [0.4, 0.5) is 0 Å². The number of hydrogen-bond donors (Lipinski definition) is 0. The predicted octanol–water partition coefficient (Wildman–Crippen LogP) is 3.74. The van der Waals surface area contributed by atoms with Crippen molar-refractivity contribution in [3.05, 3.63) is 41.5 Å². The summed E-state index contributed by atoms with van der Waals surface area (Å²) < 4.78 is 5.63. The Hall–Kier alpha value is -0.950. The minimum absolute atomic E-state index is 0.549. The molecule has 1 aliphatic rings. The highest BCUT2D eigenvalue weighted by molar-refractivity contribution is 6.18. The number of ether oxygens (including phenoxy) is 1. The van der Waals surface area contributed by atoms with Crippen LogP contribution in [-0.2, 0) is 12.8 Å². The van der Waals surface area contributed by atoms with Crippen molar-refractivity contribution in [2.75, 3.05) is 12.5 Å². The van der Waals surface area contributed by atoms with Crippen LogP contribution in [0.1, 0.15) is 24.0 Å². The summed E-state index contributed by atoms with van der Waals surface area (Å²) in [5.74, 6) is 1.52. The van der Waals surface area contributed by atoms with Crippen molar-refractivity contribution in [3.63, 3.8) is 0 Å². The Bertz CT molecular complexity index is 371. The van der Waals surface area contributed by atoms with Gasteiger partial charge in [-0.1, -0.05) is 18.2 Å². The van der Waals surface area contributed by atoms with Gasteiger partial charge in [-0.05, 0) is 48.9 Å². The molecule has 86 valence electrons. The van der Waals surface area contributed by atoms with E-state index in [1.165, 1.54) is 36.8 Å². The van der Waals surface area contributed by atoms with Gasteiger partial charge in [0.1, 0.15) is 12.4 Å². The van der Waals surface area contributed by atoms with Gasteiger partial charge in [0.05, 0.1) is 0 Å². The lowest BCUT2D eigenvalue weighted by atomic mass is 9.92. The Balaban J connectivity index is 1.97. The number of halogens is 1. The van der Waals surface area contributed by atoms with Crippen LogP contribution in [0.25, 0.3) is 0 Å². The summed E-state index contributed by atoms with van der Waals surface area (Å²) in [4.78, 5) is 0. The molecule has 2 heteroatoms. The van der Waals surface area contributed by atoms with Gasteiger partial charge in [-0.3, -0.25) is 0 Å². The summed E-state index contributed by atoms with van der Waals surface area (Å²) in [6.07, 6.45) is 8.91. The molecule has 0 spiro atoms. The summed E-state index contributed by atoms with van der Waals surface area (Å²) in [5.41, 5.74) is 2.96. The van der Waals surface area contributed by atoms with Gasteiger partial charge < -0.3 is 4.74 Å². The highest BCUT2D eigenvalue weighted by Crippen LogP contribution is 2.25. The summed E-state index contributed by atoms with van der Waals surface area (Å²) in [6.45, 7) is 0.603. The number of fused-ring (bicyclic) bond motifs is 1. The summed E-state index contributed by atoms with van der Waals surface area (Å²) in [5, 5.41) is 0. The zero-order chi connectivity index (χ0) is 11.2. The van der Waals surface area contributed by atoms with Crippen LogP contribution in [0.15, 0.2) is 30.4 Å². The SMILES string of the molecule is ClCC=CCOc1ccc2c(c1)CCCC2. The fourth-order valence-electron chi connectivity index (χ4n) is 2.07. The molecule has 0 aliphatic heterocycles. The minimum atomic E-state index is 0.549. The van der Waals surface area contributed by atoms with E-state index < -0.39 is 0 Å². The van der Waals surface area contributed by atoms with Crippen molar-refractivity contribution in [1.29, 1.82) is 0 Å². The Morgan fingerprint density at radius 2 is 1.94 bits per heavy atom. The average Bonchev–Trinajstić information content (AvgIpc) is 2.34. The molecule has 0 fully saturated rings. The summed E-state index contributed by atoms with van der Waals surface area (Å²) in [6, 6.07) is 6.46. The number of rotatable bonds is 4. The lowest BCUT2D eigenvalue weighted by Crippen LogP contribution is -2.03. The maximum Gasteiger partial charge on any atom is 0.120 e. The molecule has 1 aliphatic carbocycles. The molecule has 1 nitrogen and oxygen atoms in total. The molecule has 1 aromatic rings. The molecule has 0 unspecified atom stereocenters. The first-order chi connectivity index (χ1) is 7.90. The van der Waals surface area contributed by atoms with Gasteiger partial charge in [0.25, 0.3) is 0 Å². The third-order valence-corrected chi connectivity index (χ3v) is 3.10. The first-order valence-electron chi connectivity index (χ1n) is 5.86. The maximum absolute atomic E-state index is 5.63. The van der Waals surface area contributed by atoms with Gasteiger partial charge in [-0.2, -0.15) is 0 Å². The molecule has 0 bridgehead atoms. The number of alkyl halides is 1. The monoisotopic (exact) mass is 236 g/mol. The van der Waals surface area contributed by atoms with Crippen molar-refractivity contribution < 1.29 is 4.74 Å². The predicted molar refractivity (Wildman–Crippen MR) is 68.4 cm³/mol. The molecule has 0 N–H and O–H groups in total. The highest BCUT2D eigenvalue weighted by Gasteiger charge is 2.09. The molecule has 2 rings (SSSR count). The van der Waals surface area contributed by atoms with Crippen LogP contribution in [-0.4, -0.2) is 12.5 Å². The van der Waals surface area contributed by atoms with Crippen molar-refractivity contribution in [2.45, 2.75) is 25.7 Å². The zero-order valence-corrected chi connectivity index (χ0v) is 10.2. The van der Waals surface area contributed by atoms with E-state index in [4.69, 9.17) is 16.3 Å². The largest absolute Gasteiger partial charge is 0.490 e. The maximum atomic E-state index is 5.63. The highest BCUT2D eigenvalue weighted by atomic mass is 35.5. The third-order valence-electron chi connectivity index (χ3n) is 2.92. The quantitative estimate of drug-likeness (QED) is 0.572. The summed E-state index contributed by atoms with van der Waals surface area (Å²) >= 11 is 5.54. The van der Waals surface area contributed by atoms with Crippen molar-refractivity contribution in [2.24, 2.45) is 0 Å². The number of allylic oxidation sites excluding steroid dienone is 1. The Morgan fingerprint density at radius 1 is 1.12 bits per heavy atom. The molecule has 0 atom stereocenters. The Labute approximate surface area is 102 Å². The lowest BCUT2D eigenvalue weighted by molar-refractivity contribution is 0.362. The van der Waals surface area contributed by atoms with E-state index in [1.807, 2.05) is 12.2 Å². The second-order valence-electron chi connectivity index (χ2n) is 4.07. The normalized spacial score (nSPS) is 15.1. The van der Waals surface area contributed by atoms with Gasteiger partial charge in [-0.25, -0.2) is 0 Å². The zero-order valence-electron chi connectivity index (χ0n) is 9.42. The minimum Gasteiger partial charge on any atom is -0.490 e. The molecule has 0 amide bonds. The van der Waals surface area contributed by atoms with Crippen LogP contribution in [0, 0.1) is 0 Å². The van der Waals surface area contributed by atoms with Crippen molar-refractivity contribution >= 4 is 11.6 Å². The van der Waals surface area contributed by atoms with E-state index in [0.717, 1.165) is 5.75 Å². The Morgan fingerprint density at radius 3 is 2.75 bits per heavy atom. The number of benzene rings is 1. The van der Waals surface area contributed by atoms with Crippen molar-refractivity contribution in [3.8, 4) is 5.75 Å². The molecule has 16 heavy (non-hydrogen) atoms. The van der Waals surface area contributed by atoms with Crippen LogP contribution >= 0.6 is 11.6 Å². The van der Waals surface area contributed by atoms with E-state index >= 15 is 0 Å². The lowest BCUT2D eigenvalue weighted by Gasteiger charge is -2.16. The van der Waals surface area contributed by atoms with Crippen LogP contribution < -0.4 is 4.74 Å². The molecule has 0 aromatic heterocycles. The standard InChI is InChI=1S/C14H17ClO/c15-9-3-4-10-16-14-8-7-12-5-1-2-6-13(12)11-14/h3-4,7-8,11H,1-2,5-6,9-10H2. The molecular formula is C14H17ClO. The van der Waals surface area contributed by atoms with E-state index in [-0.39, 0.29) is 0 Å². The van der Waals surface area contributed by atoms with Gasteiger partial charge in [0, 0.05) is 5.88 Å². The first kappa shape index (κ1) is 11.5. The smallest absolute Gasteiger partial charge is 0.120 e. The Kier molecular flexibility index (Phi) is 4.29. The third kappa shape index (κ3) is 3.02. The van der Waals surface area contributed by atoms with Gasteiger partial charge in [-0.15, -0.1) is 11.6 Å². The topological polar surface area (TPSA) is 9.23 Å². The molecule has 0 heterocycles. The molecular weight excluding hydrogens is 220 g/mol. The van der Waals surface area contributed by atoms with Gasteiger partial charge in [0.2, 0.25) is 0 Å². The van der Waals surface area contributed by atoms with Crippen molar-refractivity contribution in [1.82, 2.24) is 0 Å². The molecule has 0 saturated carbocycles. The van der Waals surface area contributed by atoms with Crippen LogP contribution in [0.2, 0.25) is 0 Å². The average molecular weight is 237 g/mol. The van der Waals surface area contributed by atoms with E-state index in [2.05, 4.69) is 18.2 Å². The van der Waals surface area contributed by atoms with Gasteiger partial charge >= 0.3 is 0 Å². The fourth-order valence-corrected chi connectivity index (χ4v) is 2.20. The van der Waals surface area contributed by atoms with E-state index in [9.17, 15) is 0 Å². The second kappa shape index (κ2) is 5.95. The van der Waals surface area contributed by atoms with E-state index in [1.54, 1.807) is 0 Å². The fraction of sp³-hybridized carbons (Fsp3) is 0.429.